The Balaban J connectivity index is 1.83. The first kappa shape index (κ1) is 22.5. The van der Waals surface area contributed by atoms with Gasteiger partial charge in [-0.3, -0.25) is 4.79 Å². The molecule has 1 N–H and O–H groups in total. The largest absolute Gasteiger partial charge is 0.491 e. The van der Waals surface area contributed by atoms with E-state index in [1.54, 1.807) is 12.1 Å². The fourth-order valence-corrected chi connectivity index (χ4v) is 3.71. The fraction of sp³-hybridized carbons (Fsp3) is 0.417. The third-order valence-corrected chi connectivity index (χ3v) is 5.46. The summed E-state index contributed by atoms with van der Waals surface area (Å²) >= 11 is 0. The summed E-state index contributed by atoms with van der Waals surface area (Å²) in [5, 5.41) is 12.2. The summed E-state index contributed by atoms with van der Waals surface area (Å²) < 4.78 is 5.69. The molecule has 1 fully saturated rings. The van der Waals surface area contributed by atoms with E-state index in [1.165, 1.54) is 12.1 Å². The van der Waals surface area contributed by atoms with Gasteiger partial charge in [-0.25, -0.2) is 4.79 Å². The minimum Gasteiger partial charge on any atom is -0.491 e. The monoisotopic (exact) mass is 424 g/mol. The van der Waals surface area contributed by atoms with Crippen LogP contribution in [0.25, 0.3) is 0 Å². The van der Waals surface area contributed by atoms with E-state index in [0.717, 1.165) is 29.7 Å². The van der Waals surface area contributed by atoms with Crippen molar-refractivity contribution in [2.24, 2.45) is 5.18 Å². The van der Waals surface area contributed by atoms with E-state index >= 15 is 0 Å². The van der Waals surface area contributed by atoms with Crippen LogP contribution in [0.5, 0.6) is 5.75 Å². The molecule has 7 heteroatoms. The first-order valence-electron chi connectivity index (χ1n) is 10.4. The first-order chi connectivity index (χ1) is 14.7. The molecule has 3 rings (SSSR count). The zero-order valence-electron chi connectivity index (χ0n) is 18.1. The highest BCUT2D eigenvalue weighted by atomic mass is 16.5. The smallest absolute Gasteiger partial charge is 0.335 e. The summed E-state index contributed by atoms with van der Waals surface area (Å²) in [4.78, 5) is 36.9. The number of hydrogen-bond acceptors (Lipinski definition) is 5. The Morgan fingerprint density at radius 1 is 1.16 bits per heavy atom. The van der Waals surface area contributed by atoms with E-state index in [4.69, 9.17) is 9.84 Å². The number of rotatable bonds is 7. The molecule has 164 valence electrons. The Morgan fingerprint density at radius 3 is 2.45 bits per heavy atom. The number of ether oxygens (including phenoxy) is 1. The van der Waals surface area contributed by atoms with Crippen LogP contribution >= 0.6 is 0 Å². The number of anilines is 1. The molecule has 2 aromatic rings. The molecule has 1 unspecified atom stereocenters. The van der Waals surface area contributed by atoms with Crippen LogP contribution in [0.3, 0.4) is 0 Å². The van der Waals surface area contributed by atoms with E-state index < -0.39 is 12.0 Å². The Labute approximate surface area is 182 Å². The lowest BCUT2D eigenvalue weighted by atomic mass is 9.83. The maximum absolute atomic E-state index is 12.5. The number of piperidine rings is 1. The molecule has 31 heavy (non-hydrogen) atoms. The molecule has 1 heterocycles. The molecular formula is C24H28N2O5. The van der Waals surface area contributed by atoms with Crippen LogP contribution in [0.15, 0.2) is 47.6 Å². The zero-order valence-corrected chi connectivity index (χ0v) is 18.1. The third-order valence-electron chi connectivity index (χ3n) is 5.46. The number of aromatic carboxylic acids is 1. The van der Waals surface area contributed by atoms with Gasteiger partial charge in [0.2, 0.25) is 5.91 Å². The summed E-state index contributed by atoms with van der Waals surface area (Å²) in [6.07, 6.45) is 2.45. The molecule has 1 saturated heterocycles. The summed E-state index contributed by atoms with van der Waals surface area (Å²) in [5.74, 6) is -0.422. The second-order valence-electron chi connectivity index (χ2n) is 8.79. The minimum atomic E-state index is -1.01. The molecule has 0 spiro atoms. The van der Waals surface area contributed by atoms with Crippen LogP contribution in [0, 0.1) is 4.91 Å². The minimum absolute atomic E-state index is 0.0293. The standard InChI is InChI=1S/C24H28N2O5/c1-24(2,3)19-14-17(9-12-21(19)26-13-5-4-6-22(26)27)20(25-30)15-31-18-10-7-16(8-11-18)23(28)29/h7-12,14,20H,4-6,13,15H2,1-3H3,(H,28,29). The van der Waals surface area contributed by atoms with Gasteiger partial charge in [0.05, 0.1) is 5.56 Å². The van der Waals surface area contributed by atoms with Gasteiger partial charge < -0.3 is 14.7 Å². The van der Waals surface area contributed by atoms with Crippen molar-refractivity contribution in [2.45, 2.75) is 51.5 Å². The molecular weight excluding hydrogens is 396 g/mol. The number of carbonyl (C=O) groups is 2. The summed E-state index contributed by atoms with van der Waals surface area (Å²) in [7, 11) is 0. The maximum Gasteiger partial charge on any atom is 0.335 e. The average molecular weight is 424 g/mol. The van der Waals surface area contributed by atoms with Gasteiger partial charge in [-0.2, -0.15) is 4.91 Å². The first-order valence-corrected chi connectivity index (χ1v) is 10.4. The highest BCUT2D eigenvalue weighted by Crippen LogP contribution is 2.36. The van der Waals surface area contributed by atoms with Gasteiger partial charge in [-0.05, 0) is 59.7 Å². The van der Waals surface area contributed by atoms with Gasteiger partial charge in [-0.1, -0.05) is 38.1 Å². The molecule has 1 aliphatic rings. The van der Waals surface area contributed by atoms with Crippen molar-refractivity contribution in [2.75, 3.05) is 18.1 Å². The number of carboxylic acid groups (broad SMARTS) is 1. The lowest BCUT2D eigenvalue weighted by Crippen LogP contribution is -2.37. The van der Waals surface area contributed by atoms with Crippen molar-refractivity contribution in [3.8, 4) is 5.75 Å². The molecule has 0 aromatic heterocycles. The number of carbonyl (C=O) groups excluding carboxylic acids is 1. The lowest BCUT2D eigenvalue weighted by molar-refractivity contribution is -0.119. The topological polar surface area (TPSA) is 96.3 Å². The van der Waals surface area contributed by atoms with Crippen molar-refractivity contribution >= 4 is 17.6 Å². The van der Waals surface area contributed by atoms with E-state index in [-0.39, 0.29) is 23.5 Å². The SMILES string of the molecule is CC(C)(C)c1cc(C(COc2ccc(C(=O)O)cc2)N=O)ccc1N1CCCCC1=O. The predicted molar refractivity (Wildman–Crippen MR) is 119 cm³/mol. The molecule has 0 bridgehead atoms. The molecule has 1 atom stereocenters. The van der Waals surface area contributed by atoms with Crippen molar-refractivity contribution in [1.82, 2.24) is 0 Å². The highest BCUT2D eigenvalue weighted by Gasteiger charge is 2.28. The quantitative estimate of drug-likeness (QED) is 0.625. The Morgan fingerprint density at radius 2 is 1.87 bits per heavy atom. The summed E-state index contributed by atoms with van der Waals surface area (Å²) in [6.45, 7) is 6.96. The number of amides is 1. The third kappa shape index (κ3) is 5.29. The molecule has 0 aliphatic carbocycles. The van der Waals surface area contributed by atoms with Gasteiger partial charge in [-0.15, -0.1) is 0 Å². The number of nitrogens with zero attached hydrogens (tertiary/aromatic N) is 2. The molecule has 0 saturated carbocycles. The number of nitroso groups, excluding NO2 is 1. The van der Waals surface area contributed by atoms with Gasteiger partial charge in [0, 0.05) is 18.7 Å². The number of carboxylic acids is 1. The van der Waals surface area contributed by atoms with Crippen molar-refractivity contribution in [1.29, 1.82) is 0 Å². The predicted octanol–water partition coefficient (Wildman–Crippen LogP) is 5.09. The van der Waals surface area contributed by atoms with Crippen molar-refractivity contribution in [3.05, 3.63) is 64.1 Å². The van der Waals surface area contributed by atoms with Crippen LogP contribution in [-0.4, -0.2) is 30.1 Å². The van der Waals surface area contributed by atoms with Crippen LogP contribution < -0.4 is 9.64 Å². The summed E-state index contributed by atoms with van der Waals surface area (Å²) in [5.41, 5.74) is 2.52. The number of hydrogen-bond donors (Lipinski definition) is 1. The molecule has 1 aliphatic heterocycles. The highest BCUT2D eigenvalue weighted by molar-refractivity contribution is 5.95. The normalized spacial score (nSPS) is 15.5. The van der Waals surface area contributed by atoms with Crippen LogP contribution in [0.1, 0.15) is 67.6 Å². The Bertz CT molecular complexity index is 963. The molecule has 0 radical (unpaired) electrons. The fourth-order valence-electron chi connectivity index (χ4n) is 3.71. The second-order valence-corrected chi connectivity index (χ2v) is 8.79. The van der Waals surface area contributed by atoms with E-state index in [1.807, 2.05) is 23.1 Å². The van der Waals surface area contributed by atoms with Gasteiger partial charge in [0.1, 0.15) is 12.4 Å². The molecule has 1 amide bonds. The van der Waals surface area contributed by atoms with Gasteiger partial charge in [0.15, 0.2) is 6.04 Å². The van der Waals surface area contributed by atoms with E-state index in [0.29, 0.717) is 18.7 Å². The van der Waals surface area contributed by atoms with Gasteiger partial charge in [0.25, 0.3) is 0 Å². The van der Waals surface area contributed by atoms with Gasteiger partial charge >= 0.3 is 5.97 Å². The molecule has 7 nitrogen and oxygen atoms in total. The average Bonchev–Trinajstić information content (AvgIpc) is 2.74. The summed E-state index contributed by atoms with van der Waals surface area (Å²) in [6, 6.07) is 10.9. The molecule has 2 aromatic carbocycles. The van der Waals surface area contributed by atoms with Crippen LogP contribution in [0.4, 0.5) is 5.69 Å². The van der Waals surface area contributed by atoms with Crippen LogP contribution in [0.2, 0.25) is 0 Å². The Kier molecular flexibility index (Phi) is 6.73. The lowest BCUT2D eigenvalue weighted by Gasteiger charge is -2.33. The number of benzene rings is 2. The maximum atomic E-state index is 12.5. The van der Waals surface area contributed by atoms with Crippen LogP contribution in [-0.2, 0) is 10.2 Å². The van der Waals surface area contributed by atoms with E-state index in [2.05, 4.69) is 25.9 Å². The second kappa shape index (κ2) is 9.29. The van der Waals surface area contributed by atoms with Crippen molar-refractivity contribution in [3.63, 3.8) is 0 Å². The Hall–Kier alpha value is -3.22. The van der Waals surface area contributed by atoms with Crippen molar-refractivity contribution < 1.29 is 19.4 Å². The van der Waals surface area contributed by atoms with E-state index in [9.17, 15) is 14.5 Å². The zero-order chi connectivity index (χ0) is 22.6.